The summed E-state index contributed by atoms with van der Waals surface area (Å²) in [6, 6.07) is 0. The Morgan fingerprint density at radius 2 is 1.83 bits per heavy atom. The number of carboxylic acid groups (broad SMARTS) is 1. The maximum Gasteiger partial charge on any atom is 0.331 e. The van der Waals surface area contributed by atoms with E-state index in [-0.39, 0.29) is 11.3 Å². The van der Waals surface area contributed by atoms with Crippen LogP contribution in [-0.2, 0) is 4.79 Å². The molecule has 0 spiro atoms. The summed E-state index contributed by atoms with van der Waals surface area (Å²) in [5.74, 6) is -0.777. The number of aliphatic hydroxyl groups excluding tert-OH is 1. The second kappa shape index (κ2) is 4.59. The normalized spacial score (nSPS) is 14.1. The van der Waals surface area contributed by atoms with Crippen LogP contribution >= 0.6 is 0 Å². The van der Waals surface area contributed by atoms with Gasteiger partial charge in [0, 0.05) is 5.57 Å². The van der Waals surface area contributed by atoms with Gasteiger partial charge in [-0.25, -0.2) is 4.79 Å². The van der Waals surface area contributed by atoms with E-state index in [4.69, 9.17) is 10.2 Å². The second-order valence-electron chi connectivity index (χ2n) is 2.60. The smallest absolute Gasteiger partial charge is 0.331 e. The SMILES string of the molecule is CCC(C=C(C)C(=O)O)=C(C)O. The summed E-state index contributed by atoms with van der Waals surface area (Å²) in [6.45, 7) is 4.91. The number of aliphatic carboxylic acids is 1. The van der Waals surface area contributed by atoms with E-state index in [1.54, 1.807) is 6.92 Å². The highest BCUT2D eigenvalue weighted by atomic mass is 16.4. The van der Waals surface area contributed by atoms with E-state index < -0.39 is 5.97 Å². The van der Waals surface area contributed by atoms with Gasteiger partial charge >= 0.3 is 5.97 Å². The summed E-state index contributed by atoms with van der Waals surface area (Å²) in [5, 5.41) is 17.6. The molecule has 0 atom stereocenters. The molecular formula is C9H14O3. The van der Waals surface area contributed by atoms with Crippen molar-refractivity contribution < 1.29 is 15.0 Å². The molecule has 12 heavy (non-hydrogen) atoms. The van der Waals surface area contributed by atoms with Gasteiger partial charge < -0.3 is 10.2 Å². The van der Waals surface area contributed by atoms with Crippen molar-refractivity contribution >= 4 is 5.97 Å². The average Bonchev–Trinajstić information content (AvgIpc) is 1.98. The topological polar surface area (TPSA) is 57.5 Å². The fraction of sp³-hybridized carbons (Fsp3) is 0.444. The van der Waals surface area contributed by atoms with Gasteiger partial charge in [-0.05, 0) is 31.9 Å². The molecule has 0 aliphatic rings. The monoisotopic (exact) mass is 170 g/mol. The Kier molecular flexibility index (Phi) is 4.11. The molecular weight excluding hydrogens is 156 g/mol. The van der Waals surface area contributed by atoms with E-state index >= 15 is 0 Å². The summed E-state index contributed by atoms with van der Waals surface area (Å²) in [7, 11) is 0. The van der Waals surface area contributed by atoms with Gasteiger partial charge in [-0.1, -0.05) is 6.92 Å². The largest absolute Gasteiger partial charge is 0.512 e. The molecule has 0 aromatic rings. The summed E-state index contributed by atoms with van der Waals surface area (Å²) in [6.07, 6.45) is 2.12. The van der Waals surface area contributed by atoms with E-state index in [1.165, 1.54) is 13.0 Å². The molecule has 0 unspecified atom stereocenters. The van der Waals surface area contributed by atoms with E-state index in [0.717, 1.165) is 0 Å². The molecule has 0 saturated carbocycles. The highest BCUT2D eigenvalue weighted by Crippen LogP contribution is 2.10. The third-order valence-electron chi connectivity index (χ3n) is 1.57. The lowest BCUT2D eigenvalue weighted by Crippen LogP contribution is -1.97. The van der Waals surface area contributed by atoms with Crippen LogP contribution in [0.4, 0.5) is 0 Å². The highest BCUT2D eigenvalue weighted by molar-refractivity contribution is 5.86. The number of rotatable bonds is 3. The molecule has 0 aliphatic heterocycles. The Morgan fingerprint density at radius 3 is 2.08 bits per heavy atom. The number of carboxylic acids is 1. The van der Waals surface area contributed by atoms with Crippen LogP contribution in [0.3, 0.4) is 0 Å². The first kappa shape index (κ1) is 10.8. The van der Waals surface area contributed by atoms with Crippen molar-refractivity contribution in [2.75, 3.05) is 0 Å². The molecule has 0 amide bonds. The van der Waals surface area contributed by atoms with Crippen LogP contribution in [0.2, 0.25) is 0 Å². The predicted octanol–water partition coefficient (Wildman–Crippen LogP) is 2.26. The molecule has 3 heteroatoms. The standard InChI is InChI=1S/C9H14O3/c1-4-8(7(3)10)5-6(2)9(11)12/h5,10H,4H2,1-3H3,(H,11,12). The third-order valence-corrected chi connectivity index (χ3v) is 1.57. The van der Waals surface area contributed by atoms with Gasteiger partial charge in [-0.15, -0.1) is 0 Å². The van der Waals surface area contributed by atoms with Crippen molar-refractivity contribution in [1.82, 2.24) is 0 Å². The van der Waals surface area contributed by atoms with Gasteiger partial charge in [0.1, 0.15) is 0 Å². The molecule has 3 nitrogen and oxygen atoms in total. The number of hydrogen-bond acceptors (Lipinski definition) is 2. The Hall–Kier alpha value is -1.25. The average molecular weight is 170 g/mol. The Balaban J connectivity index is 4.72. The van der Waals surface area contributed by atoms with Crippen molar-refractivity contribution in [2.45, 2.75) is 27.2 Å². The van der Waals surface area contributed by atoms with Crippen molar-refractivity contribution in [2.24, 2.45) is 0 Å². The van der Waals surface area contributed by atoms with Crippen LogP contribution in [-0.4, -0.2) is 16.2 Å². The molecule has 0 fully saturated rings. The van der Waals surface area contributed by atoms with E-state index in [2.05, 4.69) is 0 Å². The molecule has 0 rings (SSSR count). The van der Waals surface area contributed by atoms with E-state index in [9.17, 15) is 4.79 Å². The maximum absolute atomic E-state index is 10.4. The second-order valence-corrected chi connectivity index (χ2v) is 2.60. The van der Waals surface area contributed by atoms with Crippen LogP contribution in [0, 0.1) is 0 Å². The summed E-state index contributed by atoms with van der Waals surface area (Å²) in [4.78, 5) is 10.4. The number of aliphatic hydroxyl groups is 1. The minimum Gasteiger partial charge on any atom is -0.512 e. The molecule has 0 aliphatic carbocycles. The number of hydrogen-bond donors (Lipinski definition) is 2. The number of allylic oxidation sites excluding steroid dienone is 3. The van der Waals surface area contributed by atoms with Gasteiger partial charge in [-0.2, -0.15) is 0 Å². The van der Waals surface area contributed by atoms with Gasteiger partial charge in [-0.3, -0.25) is 0 Å². The third kappa shape index (κ3) is 3.23. The molecule has 0 heterocycles. The van der Waals surface area contributed by atoms with Crippen LogP contribution in [0.1, 0.15) is 27.2 Å². The molecule has 68 valence electrons. The molecule has 0 radical (unpaired) electrons. The fourth-order valence-corrected chi connectivity index (χ4v) is 0.785. The van der Waals surface area contributed by atoms with Crippen LogP contribution in [0.15, 0.2) is 23.0 Å². The van der Waals surface area contributed by atoms with E-state index in [1.807, 2.05) is 6.92 Å². The minimum absolute atomic E-state index is 0.179. The molecule has 2 N–H and O–H groups in total. The highest BCUT2D eigenvalue weighted by Gasteiger charge is 2.02. The Bertz CT molecular complexity index is 232. The zero-order chi connectivity index (χ0) is 9.72. The Labute approximate surface area is 72.0 Å². The van der Waals surface area contributed by atoms with Crippen LogP contribution in [0.25, 0.3) is 0 Å². The first-order valence-electron chi connectivity index (χ1n) is 3.79. The lowest BCUT2D eigenvalue weighted by atomic mass is 10.1. The van der Waals surface area contributed by atoms with Gasteiger partial charge in [0.15, 0.2) is 0 Å². The summed E-state index contributed by atoms with van der Waals surface area (Å²) in [5.41, 5.74) is 0.898. The molecule has 0 aromatic carbocycles. The van der Waals surface area contributed by atoms with Crippen molar-refractivity contribution in [3.63, 3.8) is 0 Å². The quantitative estimate of drug-likeness (QED) is 0.388. The van der Waals surface area contributed by atoms with Gasteiger partial charge in [0.05, 0.1) is 5.76 Å². The maximum atomic E-state index is 10.4. The predicted molar refractivity (Wildman–Crippen MR) is 47.0 cm³/mol. The zero-order valence-electron chi connectivity index (χ0n) is 7.59. The van der Waals surface area contributed by atoms with Crippen molar-refractivity contribution in [3.8, 4) is 0 Å². The first-order valence-corrected chi connectivity index (χ1v) is 3.79. The Morgan fingerprint density at radius 1 is 1.33 bits per heavy atom. The van der Waals surface area contributed by atoms with Gasteiger partial charge in [0.25, 0.3) is 0 Å². The number of carbonyl (C=O) groups is 1. The molecule has 0 bridgehead atoms. The van der Waals surface area contributed by atoms with Crippen molar-refractivity contribution in [1.29, 1.82) is 0 Å². The summed E-state index contributed by atoms with van der Waals surface area (Å²) >= 11 is 0. The lowest BCUT2D eigenvalue weighted by molar-refractivity contribution is -0.132. The minimum atomic E-state index is -0.956. The molecule has 0 aromatic heterocycles. The summed E-state index contributed by atoms with van der Waals surface area (Å²) < 4.78 is 0. The van der Waals surface area contributed by atoms with Crippen LogP contribution in [0.5, 0.6) is 0 Å². The lowest BCUT2D eigenvalue weighted by Gasteiger charge is -2.00. The van der Waals surface area contributed by atoms with Crippen LogP contribution < -0.4 is 0 Å². The first-order chi connectivity index (χ1) is 5.49. The van der Waals surface area contributed by atoms with E-state index in [0.29, 0.717) is 12.0 Å². The zero-order valence-corrected chi connectivity index (χ0v) is 7.59. The fourth-order valence-electron chi connectivity index (χ4n) is 0.785. The van der Waals surface area contributed by atoms with Gasteiger partial charge in [0.2, 0.25) is 0 Å². The molecule has 0 saturated heterocycles. The van der Waals surface area contributed by atoms with Crippen molar-refractivity contribution in [3.05, 3.63) is 23.0 Å².